The summed E-state index contributed by atoms with van der Waals surface area (Å²) in [5.41, 5.74) is 6.88. The summed E-state index contributed by atoms with van der Waals surface area (Å²) in [6.45, 7) is 0. The number of aromatic nitrogens is 1. The Kier molecular flexibility index (Phi) is 3.38. The smallest absolute Gasteiger partial charge is 0.272 e. The number of aryl methyl sites for hydroxylation is 1. The quantitative estimate of drug-likeness (QED) is 0.896. The van der Waals surface area contributed by atoms with Gasteiger partial charge in [0.05, 0.1) is 11.4 Å². The summed E-state index contributed by atoms with van der Waals surface area (Å²) in [6.07, 6.45) is 1.63. The van der Waals surface area contributed by atoms with Crippen molar-refractivity contribution in [3.8, 4) is 0 Å². The maximum absolute atomic E-state index is 13.1. The van der Waals surface area contributed by atoms with Gasteiger partial charge >= 0.3 is 0 Å². The first-order chi connectivity index (χ1) is 8.47. The summed E-state index contributed by atoms with van der Waals surface area (Å²) in [5, 5.41) is 2.62. The minimum atomic E-state index is -0.417. The first kappa shape index (κ1) is 12.6. The number of nitrogens with zero attached hydrogens (tertiary/aromatic N) is 1. The van der Waals surface area contributed by atoms with Gasteiger partial charge in [0, 0.05) is 17.7 Å². The molecule has 0 spiro atoms. The van der Waals surface area contributed by atoms with E-state index in [1.807, 2.05) is 0 Å². The fourth-order valence-electron chi connectivity index (χ4n) is 1.60. The molecule has 0 unspecified atom stereocenters. The number of anilines is 2. The van der Waals surface area contributed by atoms with E-state index in [1.54, 1.807) is 23.9 Å². The number of halogens is 2. The molecule has 0 aliphatic carbocycles. The van der Waals surface area contributed by atoms with Crippen LogP contribution in [0.3, 0.4) is 0 Å². The molecule has 0 saturated heterocycles. The van der Waals surface area contributed by atoms with Crippen molar-refractivity contribution in [1.29, 1.82) is 0 Å². The molecule has 1 heterocycles. The predicted molar refractivity (Wildman–Crippen MR) is 71.9 cm³/mol. The second-order valence-electron chi connectivity index (χ2n) is 3.85. The maximum Gasteiger partial charge on any atom is 0.272 e. The molecular weight excluding hydrogens is 301 g/mol. The van der Waals surface area contributed by atoms with E-state index < -0.39 is 5.82 Å². The van der Waals surface area contributed by atoms with Crippen LogP contribution < -0.4 is 11.1 Å². The minimum absolute atomic E-state index is 0.347. The fourth-order valence-corrected chi connectivity index (χ4v) is 1.94. The van der Waals surface area contributed by atoms with Crippen LogP contribution in [-0.4, -0.2) is 10.5 Å². The number of carbonyl (C=O) groups excluding carboxylic acids is 1. The van der Waals surface area contributed by atoms with E-state index in [0.717, 1.165) is 0 Å². The topological polar surface area (TPSA) is 60.0 Å². The van der Waals surface area contributed by atoms with Gasteiger partial charge < -0.3 is 15.6 Å². The summed E-state index contributed by atoms with van der Waals surface area (Å²) in [5.74, 6) is -0.764. The van der Waals surface area contributed by atoms with Crippen LogP contribution in [0.15, 0.2) is 34.9 Å². The van der Waals surface area contributed by atoms with Crippen molar-refractivity contribution in [2.75, 3.05) is 11.1 Å². The van der Waals surface area contributed by atoms with E-state index in [4.69, 9.17) is 5.73 Å². The Hall–Kier alpha value is -1.82. The Morgan fingerprint density at radius 1 is 1.44 bits per heavy atom. The summed E-state index contributed by atoms with van der Waals surface area (Å²) >= 11 is 3.24. The van der Waals surface area contributed by atoms with Crippen LogP contribution in [-0.2, 0) is 7.05 Å². The predicted octanol–water partition coefficient (Wildman–Crippen LogP) is 2.76. The molecule has 0 fully saturated rings. The lowest BCUT2D eigenvalue weighted by Gasteiger charge is -2.08. The molecule has 18 heavy (non-hydrogen) atoms. The van der Waals surface area contributed by atoms with Crippen molar-refractivity contribution >= 4 is 33.2 Å². The number of nitrogen functional groups attached to an aromatic ring is 1. The zero-order valence-corrected chi connectivity index (χ0v) is 11.2. The zero-order chi connectivity index (χ0) is 13.3. The number of rotatable bonds is 2. The Balaban J connectivity index is 2.26. The second-order valence-corrected chi connectivity index (χ2v) is 4.70. The molecule has 94 valence electrons. The molecule has 4 nitrogen and oxygen atoms in total. The van der Waals surface area contributed by atoms with Gasteiger partial charge in [-0.1, -0.05) is 0 Å². The van der Waals surface area contributed by atoms with Gasteiger partial charge in [0.15, 0.2) is 0 Å². The molecule has 2 aromatic rings. The summed E-state index contributed by atoms with van der Waals surface area (Å²) < 4.78 is 15.3. The third-order valence-electron chi connectivity index (χ3n) is 2.44. The van der Waals surface area contributed by atoms with Crippen molar-refractivity contribution in [2.45, 2.75) is 0 Å². The van der Waals surface area contributed by atoms with Crippen molar-refractivity contribution in [2.24, 2.45) is 7.05 Å². The SMILES string of the molecule is Cn1cc(N)cc1C(=O)Nc1cc(F)ccc1Br. The second kappa shape index (κ2) is 4.81. The molecule has 6 heteroatoms. The average Bonchev–Trinajstić information content (AvgIpc) is 2.63. The average molecular weight is 312 g/mol. The first-order valence-electron chi connectivity index (χ1n) is 5.15. The van der Waals surface area contributed by atoms with Gasteiger partial charge in [-0.05, 0) is 40.2 Å². The lowest BCUT2D eigenvalue weighted by atomic mass is 10.3. The van der Waals surface area contributed by atoms with E-state index >= 15 is 0 Å². The zero-order valence-electron chi connectivity index (χ0n) is 9.58. The highest BCUT2D eigenvalue weighted by molar-refractivity contribution is 9.10. The van der Waals surface area contributed by atoms with Gasteiger partial charge in [0.1, 0.15) is 11.5 Å². The van der Waals surface area contributed by atoms with E-state index in [0.29, 0.717) is 21.5 Å². The number of carbonyl (C=O) groups is 1. The highest BCUT2D eigenvalue weighted by atomic mass is 79.9. The minimum Gasteiger partial charge on any atom is -0.397 e. The summed E-state index contributed by atoms with van der Waals surface area (Å²) in [4.78, 5) is 12.0. The van der Waals surface area contributed by atoms with Crippen molar-refractivity contribution in [1.82, 2.24) is 4.57 Å². The van der Waals surface area contributed by atoms with E-state index in [-0.39, 0.29) is 5.91 Å². The van der Waals surface area contributed by atoms with E-state index in [2.05, 4.69) is 21.2 Å². The standard InChI is InChI=1S/C12H11BrFN3O/c1-17-6-8(15)5-11(17)12(18)16-10-4-7(14)2-3-9(10)13/h2-6H,15H2,1H3,(H,16,18). The fraction of sp³-hybridized carbons (Fsp3) is 0.0833. The van der Waals surface area contributed by atoms with Crippen LogP contribution in [0.1, 0.15) is 10.5 Å². The van der Waals surface area contributed by atoms with Crippen LogP contribution in [0.2, 0.25) is 0 Å². The molecule has 0 aliphatic heterocycles. The van der Waals surface area contributed by atoms with Gasteiger partial charge in [-0.15, -0.1) is 0 Å². The Bertz CT molecular complexity index is 609. The molecular formula is C12H11BrFN3O. The summed E-state index contributed by atoms with van der Waals surface area (Å²) in [7, 11) is 1.71. The third-order valence-corrected chi connectivity index (χ3v) is 3.13. The Morgan fingerprint density at radius 2 is 2.17 bits per heavy atom. The number of benzene rings is 1. The largest absolute Gasteiger partial charge is 0.397 e. The number of nitrogens with two attached hydrogens (primary N) is 1. The number of hydrogen-bond acceptors (Lipinski definition) is 2. The lowest BCUT2D eigenvalue weighted by Crippen LogP contribution is -2.15. The summed E-state index contributed by atoms with van der Waals surface area (Å²) in [6, 6.07) is 5.64. The van der Waals surface area contributed by atoms with Crippen molar-refractivity contribution in [3.05, 3.63) is 46.4 Å². The maximum atomic E-state index is 13.1. The van der Waals surface area contributed by atoms with Gasteiger partial charge in [0.25, 0.3) is 5.91 Å². The normalized spacial score (nSPS) is 10.4. The van der Waals surface area contributed by atoms with Gasteiger partial charge in [-0.3, -0.25) is 4.79 Å². The molecule has 1 aromatic carbocycles. The molecule has 0 atom stereocenters. The Labute approximate surface area is 112 Å². The highest BCUT2D eigenvalue weighted by Crippen LogP contribution is 2.24. The van der Waals surface area contributed by atoms with E-state index in [1.165, 1.54) is 18.2 Å². The lowest BCUT2D eigenvalue weighted by molar-refractivity contribution is 0.101. The van der Waals surface area contributed by atoms with Crippen molar-refractivity contribution < 1.29 is 9.18 Å². The molecule has 2 rings (SSSR count). The van der Waals surface area contributed by atoms with Gasteiger partial charge in [-0.25, -0.2) is 4.39 Å². The van der Waals surface area contributed by atoms with Gasteiger partial charge in [-0.2, -0.15) is 0 Å². The highest BCUT2D eigenvalue weighted by Gasteiger charge is 2.12. The molecule has 0 radical (unpaired) electrons. The molecule has 0 saturated carbocycles. The number of hydrogen-bond donors (Lipinski definition) is 2. The molecule has 0 aliphatic rings. The third kappa shape index (κ3) is 2.53. The first-order valence-corrected chi connectivity index (χ1v) is 5.95. The molecule has 3 N–H and O–H groups in total. The molecule has 1 aromatic heterocycles. The van der Waals surface area contributed by atoms with Crippen molar-refractivity contribution in [3.63, 3.8) is 0 Å². The number of nitrogens with one attached hydrogen (secondary N) is 1. The Morgan fingerprint density at radius 3 is 2.78 bits per heavy atom. The van der Waals surface area contributed by atoms with Crippen LogP contribution in [0, 0.1) is 5.82 Å². The van der Waals surface area contributed by atoms with Crippen LogP contribution >= 0.6 is 15.9 Å². The van der Waals surface area contributed by atoms with E-state index in [9.17, 15) is 9.18 Å². The molecule has 0 bridgehead atoms. The monoisotopic (exact) mass is 311 g/mol. The van der Waals surface area contributed by atoms with Crippen LogP contribution in [0.25, 0.3) is 0 Å². The number of amides is 1. The van der Waals surface area contributed by atoms with Crippen LogP contribution in [0.4, 0.5) is 15.8 Å². The molecule has 1 amide bonds. The van der Waals surface area contributed by atoms with Gasteiger partial charge in [0.2, 0.25) is 0 Å². The van der Waals surface area contributed by atoms with Crippen LogP contribution in [0.5, 0.6) is 0 Å².